The Bertz CT molecular complexity index is 1530. The van der Waals surface area contributed by atoms with Gasteiger partial charge in [0.1, 0.15) is 0 Å². The molecule has 3 aliphatic rings. The van der Waals surface area contributed by atoms with Gasteiger partial charge in [-0.2, -0.15) is 0 Å². The third-order valence-electron chi connectivity index (χ3n) is 6.79. The van der Waals surface area contributed by atoms with Crippen LogP contribution in [0.3, 0.4) is 0 Å². The molecule has 0 amide bonds. The second-order valence-corrected chi connectivity index (χ2v) is 10.8. The zero-order chi connectivity index (χ0) is 25.5. The van der Waals surface area contributed by atoms with Crippen LogP contribution in [0.1, 0.15) is 42.0 Å². The molecular weight excluding hydrogens is 525 g/mol. The molecule has 0 saturated heterocycles. The highest BCUT2D eigenvalue weighted by Crippen LogP contribution is 2.51. The van der Waals surface area contributed by atoms with Crippen LogP contribution < -0.4 is 0 Å². The highest BCUT2D eigenvalue weighted by Gasteiger charge is 2.40. The summed E-state index contributed by atoms with van der Waals surface area (Å²) in [6.07, 6.45) is 5.09. The van der Waals surface area contributed by atoms with Crippen LogP contribution in [-0.4, -0.2) is 15.0 Å². The highest BCUT2D eigenvalue weighted by atomic mass is 35.5. The van der Waals surface area contributed by atoms with E-state index < -0.39 is 0 Å². The molecule has 0 spiro atoms. The number of allylic oxidation sites excluding steroid dienone is 1. The van der Waals surface area contributed by atoms with Crippen LogP contribution in [0, 0.1) is 10.1 Å². The Kier molecular flexibility index (Phi) is 6.41. The average Bonchev–Trinajstić information content (AvgIpc) is 3.33. The van der Waals surface area contributed by atoms with Crippen molar-refractivity contribution < 1.29 is 4.92 Å². The third-order valence-corrected chi connectivity index (χ3v) is 8.13. The molecule has 3 aromatic rings. The first-order valence-corrected chi connectivity index (χ1v) is 13.6. The third kappa shape index (κ3) is 4.61. The van der Waals surface area contributed by atoms with Gasteiger partial charge in [0.05, 0.1) is 22.4 Å². The zero-order valence-corrected chi connectivity index (χ0v) is 21.9. The predicted octanol–water partition coefficient (Wildman–Crippen LogP) is 8.88. The second-order valence-electron chi connectivity index (χ2n) is 9.10. The van der Waals surface area contributed by atoms with Gasteiger partial charge >= 0.3 is 0 Å². The molecule has 0 aromatic heterocycles. The van der Waals surface area contributed by atoms with Gasteiger partial charge in [-0.25, -0.2) is 4.99 Å². The van der Waals surface area contributed by atoms with Crippen molar-refractivity contribution in [3.63, 3.8) is 0 Å². The van der Waals surface area contributed by atoms with Gasteiger partial charge in [0.25, 0.3) is 5.69 Å². The summed E-state index contributed by atoms with van der Waals surface area (Å²) in [5, 5.41) is 15.8. The zero-order valence-electron chi connectivity index (χ0n) is 19.6. The van der Waals surface area contributed by atoms with E-state index in [1.165, 1.54) is 17.2 Å². The first-order valence-electron chi connectivity index (χ1n) is 11.9. The largest absolute Gasteiger partial charge is 0.308 e. The lowest BCUT2D eigenvalue weighted by atomic mass is 9.82. The van der Waals surface area contributed by atoms with Crippen LogP contribution in [0.25, 0.3) is 11.8 Å². The highest BCUT2D eigenvalue weighted by molar-refractivity contribution is 8.16. The summed E-state index contributed by atoms with van der Waals surface area (Å²) in [6, 6.07) is 22.5. The molecule has 0 bridgehead atoms. The first kappa shape index (κ1) is 24.0. The molecule has 184 valence electrons. The normalized spacial score (nSPS) is 19.9. The number of non-ortho nitro benzene ring substituents is 1. The first-order chi connectivity index (χ1) is 18.0. The van der Waals surface area contributed by atoms with E-state index in [1.54, 1.807) is 23.9 Å². The maximum Gasteiger partial charge on any atom is 0.270 e. The summed E-state index contributed by atoms with van der Waals surface area (Å²) in [6.45, 7) is 0. The number of thioether (sulfide) groups is 1. The van der Waals surface area contributed by atoms with Gasteiger partial charge in [-0.15, -0.1) is 0 Å². The molecule has 6 rings (SSSR count). The number of nitro benzene ring substituents is 1. The number of nitrogens with zero attached hydrogens (tertiary/aromatic N) is 3. The fourth-order valence-electron chi connectivity index (χ4n) is 5.11. The Morgan fingerprint density at radius 2 is 1.73 bits per heavy atom. The minimum atomic E-state index is -0.358. The quantitative estimate of drug-likeness (QED) is 0.242. The van der Waals surface area contributed by atoms with Crippen molar-refractivity contribution in [2.24, 2.45) is 4.99 Å². The lowest BCUT2D eigenvalue weighted by Crippen LogP contribution is -2.34. The summed E-state index contributed by atoms with van der Waals surface area (Å²) in [5.74, 6) is 0. The molecule has 0 saturated carbocycles. The van der Waals surface area contributed by atoms with Gasteiger partial charge in [-0.3, -0.25) is 10.1 Å². The summed E-state index contributed by atoms with van der Waals surface area (Å²) < 4.78 is 0. The number of benzene rings is 3. The molecule has 0 radical (unpaired) electrons. The van der Waals surface area contributed by atoms with Gasteiger partial charge < -0.3 is 4.90 Å². The minimum Gasteiger partial charge on any atom is -0.308 e. The van der Waals surface area contributed by atoms with Crippen LogP contribution in [0.15, 0.2) is 100 Å². The summed E-state index contributed by atoms with van der Waals surface area (Å²) >= 11 is 13.9. The lowest BCUT2D eigenvalue weighted by molar-refractivity contribution is -0.384. The second kappa shape index (κ2) is 9.86. The van der Waals surface area contributed by atoms with Crippen molar-refractivity contribution in [3.8, 4) is 0 Å². The molecule has 2 heterocycles. The van der Waals surface area contributed by atoms with Crippen LogP contribution in [0.5, 0.6) is 0 Å². The number of halogens is 2. The van der Waals surface area contributed by atoms with Crippen LogP contribution in [-0.2, 0) is 0 Å². The summed E-state index contributed by atoms with van der Waals surface area (Å²) in [7, 11) is 0. The number of hydrogen-bond acceptors (Lipinski definition) is 5. The minimum absolute atomic E-state index is 0.0691. The van der Waals surface area contributed by atoms with E-state index >= 15 is 0 Å². The van der Waals surface area contributed by atoms with Gasteiger partial charge in [-0.05, 0) is 71.9 Å². The Hall–Kier alpha value is -3.32. The molecule has 3 aromatic carbocycles. The van der Waals surface area contributed by atoms with Crippen LogP contribution in [0.2, 0.25) is 10.0 Å². The van der Waals surface area contributed by atoms with Crippen molar-refractivity contribution in [3.05, 3.63) is 132 Å². The molecule has 1 aliphatic carbocycles. The molecule has 5 nitrogen and oxygen atoms in total. The molecule has 0 fully saturated rings. The lowest BCUT2D eigenvalue weighted by Gasteiger charge is -2.40. The van der Waals surface area contributed by atoms with Crippen molar-refractivity contribution in [1.82, 2.24) is 4.90 Å². The fraction of sp³-hybridized carbons (Fsp3) is 0.138. The van der Waals surface area contributed by atoms with Crippen LogP contribution in [0.4, 0.5) is 5.69 Å². The molecule has 37 heavy (non-hydrogen) atoms. The Labute approximate surface area is 229 Å². The molecule has 2 aliphatic heterocycles. The van der Waals surface area contributed by atoms with Gasteiger partial charge in [-0.1, -0.05) is 71.4 Å². The number of aliphatic imine (C=N–C) groups is 1. The maximum atomic E-state index is 11.5. The smallest absolute Gasteiger partial charge is 0.270 e. The molecule has 8 heteroatoms. The number of fused-ring (bicyclic) bond motifs is 1. The molecule has 0 N–H and O–H groups in total. The van der Waals surface area contributed by atoms with E-state index in [9.17, 15) is 10.1 Å². The Morgan fingerprint density at radius 1 is 1.00 bits per heavy atom. The topological polar surface area (TPSA) is 58.7 Å². The molecule has 0 unspecified atom stereocenters. The number of amidine groups is 1. The average molecular weight is 546 g/mol. The number of nitro groups is 1. The van der Waals surface area contributed by atoms with E-state index in [-0.39, 0.29) is 16.7 Å². The van der Waals surface area contributed by atoms with Crippen LogP contribution >= 0.6 is 35.0 Å². The Balaban J connectivity index is 1.48. The Morgan fingerprint density at radius 3 is 2.46 bits per heavy atom. The van der Waals surface area contributed by atoms with Gasteiger partial charge in [0.15, 0.2) is 5.17 Å². The van der Waals surface area contributed by atoms with Crippen molar-refractivity contribution in [2.75, 3.05) is 0 Å². The molecule has 1 atom stereocenters. The van der Waals surface area contributed by atoms with E-state index in [2.05, 4.69) is 23.1 Å². The monoisotopic (exact) mass is 545 g/mol. The SMILES string of the molecule is O=[N+]([O-])c1cccc(C2=CSC3=NC4=C(CCC/C4=C\c4ccc(Cl)cc4)[C@@H](c4ccc(Cl)cc4)N23)c1. The summed E-state index contributed by atoms with van der Waals surface area (Å²) in [4.78, 5) is 18.5. The number of hydrogen-bond donors (Lipinski definition) is 0. The van der Waals surface area contributed by atoms with E-state index in [1.807, 2.05) is 47.9 Å². The maximum absolute atomic E-state index is 11.5. The molecular formula is C29H21Cl2N3O2S. The fourth-order valence-corrected chi connectivity index (χ4v) is 6.29. The number of rotatable bonds is 4. The van der Waals surface area contributed by atoms with Crippen molar-refractivity contribution in [2.45, 2.75) is 25.3 Å². The predicted molar refractivity (Wildman–Crippen MR) is 152 cm³/mol. The van der Waals surface area contributed by atoms with Gasteiger partial charge in [0, 0.05) is 33.1 Å². The van der Waals surface area contributed by atoms with E-state index in [4.69, 9.17) is 28.2 Å². The van der Waals surface area contributed by atoms with E-state index in [0.29, 0.717) is 10.0 Å². The van der Waals surface area contributed by atoms with E-state index in [0.717, 1.165) is 52.5 Å². The van der Waals surface area contributed by atoms with Crippen molar-refractivity contribution >= 4 is 57.6 Å². The standard InChI is InChI=1S/C29H21Cl2N3O2S/c30-22-11-7-18(8-12-22)15-21-4-2-6-25-27(21)32-29-33(28(25)19-9-13-23(31)14-10-19)26(17-37-29)20-3-1-5-24(16-20)34(35)36/h1,3,5,7-17,28H,2,4,6H2/b21-15+/t28-/m1/s1. The van der Waals surface area contributed by atoms with Crippen molar-refractivity contribution in [1.29, 1.82) is 0 Å². The summed E-state index contributed by atoms with van der Waals surface area (Å²) in [5.41, 5.74) is 7.46. The van der Waals surface area contributed by atoms with Gasteiger partial charge in [0.2, 0.25) is 0 Å².